The Morgan fingerprint density at radius 1 is 1.20 bits per heavy atom. The van der Waals surface area contributed by atoms with E-state index >= 15 is 0 Å². The number of nitrogens with one attached hydrogen (secondary N) is 1. The minimum Gasteiger partial charge on any atom is -0.364 e. The van der Waals surface area contributed by atoms with Crippen molar-refractivity contribution in [1.82, 2.24) is 10.2 Å². The van der Waals surface area contributed by atoms with Crippen LogP contribution < -0.4 is 11.1 Å². The Balaban J connectivity index is 2.06. The monoisotopic (exact) mass is 270 g/mol. The molecule has 20 heavy (non-hydrogen) atoms. The van der Waals surface area contributed by atoms with Gasteiger partial charge in [-0.25, -0.2) is 0 Å². The van der Waals surface area contributed by atoms with Gasteiger partial charge in [0.05, 0.1) is 0 Å². The Labute approximate surface area is 118 Å². The number of nitrogens with zero attached hydrogens (tertiary/aromatic N) is 2. The normalized spacial score (nSPS) is 11.9. The van der Waals surface area contributed by atoms with Crippen molar-refractivity contribution in [2.45, 2.75) is 26.3 Å². The highest BCUT2D eigenvalue weighted by Crippen LogP contribution is 2.18. The second-order valence-corrected chi connectivity index (χ2v) is 4.63. The van der Waals surface area contributed by atoms with Crippen LogP contribution in [0.1, 0.15) is 41.5 Å². The lowest BCUT2D eigenvalue weighted by Gasteiger charge is -2.15. The molecule has 104 valence electrons. The lowest BCUT2D eigenvalue weighted by Crippen LogP contribution is -2.15. The molecule has 2 rings (SSSR count). The zero-order chi connectivity index (χ0) is 14.5. The predicted octanol–water partition coefficient (Wildman–Crippen LogP) is 2.31. The maximum atomic E-state index is 10.9. The van der Waals surface area contributed by atoms with Crippen LogP contribution in [0.2, 0.25) is 0 Å². The molecular formula is C15H18N4O. The van der Waals surface area contributed by atoms with E-state index in [0.29, 0.717) is 5.82 Å². The van der Waals surface area contributed by atoms with Crippen molar-refractivity contribution in [3.63, 3.8) is 0 Å². The largest absolute Gasteiger partial charge is 0.364 e. The highest BCUT2D eigenvalue weighted by atomic mass is 16.1. The number of anilines is 1. The van der Waals surface area contributed by atoms with Crippen LogP contribution in [0.4, 0.5) is 5.82 Å². The van der Waals surface area contributed by atoms with Crippen LogP contribution in [0, 0.1) is 0 Å². The second-order valence-electron chi connectivity index (χ2n) is 4.63. The summed E-state index contributed by atoms with van der Waals surface area (Å²) in [7, 11) is 0. The fourth-order valence-electron chi connectivity index (χ4n) is 1.89. The van der Waals surface area contributed by atoms with E-state index in [4.69, 9.17) is 5.73 Å². The number of rotatable bonds is 5. The van der Waals surface area contributed by atoms with Crippen LogP contribution >= 0.6 is 0 Å². The molecule has 0 bridgehead atoms. The Morgan fingerprint density at radius 3 is 2.40 bits per heavy atom. The average molecular weight is 270 g/mol. The molecule has 1 heterocycles. The van der Waals surface area contributed by atoms with Crippen LogP contribution in [-0.4, -0.2) is 16.1 Å². The molecule has 0 aliphatic carbocycles. The second kappa shape index (κ2) is 6.14. The molecule has 0 aliphatic rings. The molecular weight excluding hydrogens is 252 g/mol. The molecule has 1 aromatic carbocycles. The van der Waals surface area contributed by atoms with Gasteiger partial charge in [0.2, 0.25) is 0 Å². The molecule has 1 atom stereocenters. The maximum absolute atomic E-state index is 10.9. The van der Waals surface area contributed by atoms with Gasteiger partial charge >= 0.3 is 0 Å². The topological polar surface area (TPSA) is 80.9 Å². The van der Waals surface area contributed by atoms with Crippen molar-refractivity contribution in [3.05, 3.63) is 53.2 Å². The van der Waals surface area contributed by atoms with E-state index in [1.54, 1.807) is 12.1 Å². The fourth-order valence-corrected chi connectivity index (χ4v) is 1.89. The lowest BCUT2D eigenvalue weighted by atomic mass is 10.1. The number of nitrogens with two attached hydrogens (primary N) is 1. The van der Waals surface area contributed by atoms with E-state index in [-0.39, 0.29) is 11.7 Å². The molecule has 5 nitrogen and oxygen atoms in total. The van der Waals surface area contributed by atoms with Crippen LogP contribution in [0.25, 0.3) is 0 Å². The van der Waals surface area contributed by atoms with Gasteiger partial charge in [0.1, 0.15) is 5.82 Å². The summed E-state index contributed by atoms with van der Waals surface area (Å²) in [5.74, 6) is 0.0364. The SMILES string of the molecule is CCc1ccc(C(C)Nc2ccc(C(N)=O)nn2)cc1. The summed E-state index contributed by atoms with van der Waals surface area (Å²) >= 11 is 0. The number of aryl methyl sites for hydroxylation is 1. The van der Waals surface area contributed by atoms with Gasteiger partial charge in [0, 0.05) is 6.04 Å². The number of benzene rings is 1. The van der Waals surface area contributed by atoms with Gasteiger partial charge in [-0.05, 0) is 36.6 Å². The van der Waals surface area contributed by atoms with E-state index in [2.05, 4.69) is 46.7 Å². The molecule has 1 aromatic heterocycles. The summed E-state index contributed by atoms with van der Waals surface area (Å²) in [6, 6.07) is 11.8. The minimum atomic E-state index is -0.577. The Morgan fingerprint density at radius 2 is 1.90 bits per heavy atom. The Bertz CT molecular complexity index is 578. The van der Waals surface area contributed by atoms with Gasteiger partial charge in [-0.2, -0.15) is 0 Å². The third kappa shape index (κ3) is 3.32. The number of hydrogen-bond donors (Lipinski definition) is 2. The average Bonchev–Trinajstić information content (AvgIpc) is 2.48. The maximum Gasteiger partial charge on any atom is 0.269 e. The Hall–Kier alpha value is -2.43. The summed E-state index contributed by atoms with van der Waals surface area (Å²) in [4.78, 5) is 10.9. The van der Waals surface area contributed by atoms with E-state index in [0.717, 1.165) is 6.42 Å². The van der Waals surface area contributed by atoms with Crippen molar-refractivity contribution in [2.24, 2.45) is 5.73 Å². The van der Waals surface area contributed by atoms with E-state index in [9.17, 15) is 4.79 Å². The van der Waals surface area contributed by atoms with Crippen molar-refractivity contribution in [1.29, 1.82) is 0 Å². The molecule has 0 saturated carbocycles. The number of primary amides is 1. The standard InChI is InChI=1S/C15H18N4O/c1-3-11-4-6-12(7-5-11)10(2)17-14-9-8-13(15(16)20)18-19-14/h4-10H,3H2,1-2H3,(H2,16,20)(H,17,19). The first-order valence-corrected chi connectivity index (χ1v) is 6.59. The van der Waals surface area contributed by atoms with Crippen LogP contribution in [0.3, 0.4) is 0 Å². The summed E-state index contributed by atoms with van der Waals surface area (Å²) in [6.07, 6.45) is 1.03. The Kier molecular flexibility index (Phi) is 4.30. The van der Waals surface area contributed by atoms with Crippen LogP contribution in [0.5, 0.6) is 0 Å². The first-order chi connectivity index (χ1) is 9.60. The summed E-state index contributed by atoms with van der Waals surface area (Å²) in [5.41, 5.74) is 7.77. The van der Waals surface area contributed by atoms with Crippen molar-refractivity contribution in [3.8, 4) is 0 Å². The number of amides is 1. The first-order valence-electron chi connectivity index (χ1n) is 6.59. The highest BCUT2D eigenvalue weighted by Gasteiger charge is 2.08. The zero-order valence-corrected chi connectivity index (χ0v) is 11.6. The smallest absolute Gasteiger partial charge is 0.269 e. The first kappa shape index (κ1) is 14.0. The molecule has 5 heteroatoms. The molecule has 0 fully saturated rings. The zero-order valence-electron chi connectivity index (χ0n) is 11.6. The summed E-state index contributed by atoms with van der Waals surface area (Å²) in [5, 5.41) is 10.9. The number of aromatic nitrogens is 2. The molecule has 2 aromatic rings. The lowest BCUT2D eigenvalue weighted by molar-refractivity contribution is 0.0994. The minimum absolute atomic E-state index is 0.106. The number of hydrogen-bond acceptors (Lipinski definition) is 4. The summed E-state index contributed by atoms with van der Waals surface area (Å²) in [6.45, 7) is 4.18. The van der Waals surface area contributed by atoms with Gasteiger partial charge < -0.3 is 11.1 Å². The molecule has 0 saturated heterocycles. The molecule has 1 amide bonds. The number of carbonyl (C=O) groups is 1. The third-order valence-corrected chi connectivity index (χ3v) is 3.17. The van der Waals surface area contributed by atoms with Gasteiger partial charge in [-0.1, -0.05) is 31.2 Å². The molecule has 3 N–H and O–H groups in total. The van der Waals surface area contributed by atoms with E-state index < -0.39 is 5.91 Å². The van der Waals surface area contributed by atoms with Crippen LogP contribution in [-0.2, 0) is 6.42 Å². The fraction of sp³-hybridized carbons (Fsp3) is 0.267. The van der Waals surface area contributed by atoms with Crippen molar-refractivity contribution >= 4 is 11.7 Å². The van der Waals surface area contributed by atoms with E-state index in [1.807, 2.05) is 6.92 Å². The predicted molar refractivity (Wildman–Crippen MR) is 78.4 cm³/mol. The van der Waals surface area contributed by atoms with Gasteiger partial charge in [0.15, 0.2) is 5.69 Å². The van der Waals surface area contributed by atoms with Crippen LogP contribution in [0.15, 0.2) is 36.4 Å². The van der Waals surface area contributed by atoms with Crippen molar-refractivity contribution in [2.75, 3.05) is 5.32 Å². The highest BCUT2D eigenvalue weighted by molar-refractivity contribution is 5.90. The molecule has 0 spiro atoms. The molecule has 0 aliphatic heterocycles. The van der Waals surface area contributed by atoms with Crippen molar-refractivity contribution < 1.29 is 4.79 Å². The third-order valence-electron chi connectivity index (χ3n) is 3.17. The summed E-state index contributed by atoms with van der Waals surface area (Å²) < 4.78 is 0. The molecule has 1 unspecified atom stereocenters. The van der Waals surface area contributed by atoms with E-state index in [1.165, 1.54) is 11.1 Å². The molecule has 0 radical (unpaired) electrons. The quantitative estimate of drug-likeness (QED) is 0.873. The van der Waals surface area contributed by atoms with Gasteiger partial charge in [-0.3, -0.25) is 4.79 Å². The number of carbonyl (C=O) groups excluding carboxylic acids is 1. The van der Waals surface area contributed by atoms with Gasteiger partial charge in [0.25, 0.3) is 5.91 Å². The van der Waals surface area contributed by atoms with Gasteiger partial charge in [-0.15, -0.1) is 10.2 Å².